The summed E-state index contributed by atoms with van der Waals surface area (Å²) in [5.74, 6) is -1.64. The zero-order valence-electron chi connectivity index (χ0n) is 8.65. The molecule has 0 radical (unpaired) electrons. The fourth-order valence-electron chi connectivity index (χ4n) is 1.17. The number of halogens is 6. The van der Waals surface area contributed by atoms with E-state index >= 15 is 0 Å². The Bertz CT molecular complexity index is 499. The van der Waals surface area contributed by atoms with Gasteiger partial charge in [0.2, 0.25) is 0 Å². The Morgan fingerprint density at radius 3 is 2.17 bits per heavy atom. The van der Waals surface area contributed by atoms with E-state index in [1.54, 1.807) is 0 Å². The fourth-order valence-corrected chi connectivity index (χ4v) is 1.17. The Kier molecular flexibility index (Phi) is 3.41. The Morgan fingerprint density at radius 2 is 1.78 bits per heavy atom. The fraction of sp³-hybridized carbons (Fsp3) is 0.333. The van der Waals surface area contributed by atoms with Crippen LogP contribution in [0.2, 0.25) is 0 Å². The standard InChI is InChI=1S/C9H4F6N2O/c1-4-2-5(8(10,11)12)7(6(3-16)17-4)18-9(13,14)15/h2H,1H3. The number of hydrogen-bond acceptors (Lipinski definition) is 3. The van der Waals surface area contributed by atoms with Crippen molar-refractivity contribution in [2.45, 2.75) is 19.5 Å². The summed E-state index contributed by atoms with van der Waals surface area (Å²) in [6, 6.07) is 1.51. The Labute approximate surface area is 96.6 Å². The normalized spacial score (nSPS) is 12.1. The SMILES string of the molecule is Cc1cc(C(F)(F)F)c(OC(F)(F)F)c(C#N)n1. The smallest absolute Gasteiger partial charge is 0.402 e. The molecule has 9 heteroatoms. The van der Waals surface area contributed by atoms with Crippen molar-refractivity contribution in [3.05, 3.63) is 23.0 Å². The van der Waals surface area contributed by atoms with Gasteiger partial charge < -0.3 is 4.74 Å². The maximum atomic E-state index is 12.5. The third kappa shape index (κ3) is 3.26. The molecule has 0 saturated carbocycles. The van der Waals surface area contributed by atoms with Crippen LogP contribution in [-0.4, -0.2) is 11.3 Å². The molecular weight excluding hydrogens is 266 g/mol. The molecule has 18 heavy (non-hydrogen) atoms. The first-order valence-electron chi connectivity index (χ1n) is 4.29. The van der Waals surface area contributed by atoms with Crippen LogP contribution in [0, 0.1) is 18.3 Å². The van der Waals surface area contributed by atoms with Crippen LogP contribution in [0.5, 0.6) is 5.75 Å². The van der Waals surface area contributed by atoms with Gasteiger partial charge in [0.1, 0.15) is 11.6 Å². The Morgan fingerprint density at radius 1 is 1.22 bits per heavy atom. The van der Waals surface area contributed by atoms with Crippen molar-refractivity contribution in [1.82, 2.24) is 4.98 Å². The molecule has 1 heterocycles. The van der Waals surface area contributed by atoms with Gasteiger partial charge in [0.15, 0.2) is 11.4 Å². The predicted molar refractivity (Wildman–Crippen MR) is 45.4 cm³/mol. The van der Waals surface area contributed by atoms with Crippen LogP contribution in [0.25, 0.3) is 0 Å². The van der Waals surface area contributed by atoms with E-state index in [1.807, 2.05) is 0 Å². The molecule has 3 nitrogen and oxygen atoms in total. The van der Waals surface area contributed by atoms with Gasteiger partial charge in [-0.3, -0.25) is 0 Å². The maximum Gasteiger partial charge on any atom is 0.573 e. The number of aryl methyl sites for hydroxylation is 1. The Hall–Kier alpha value is -1.98. The molecule has 0 atom stereocenters. The number of rotatable bonds is 1. The molecule has 0 aromatic carbocycles. The molecule has 1 aromatic heterocycles. The number of ether oxygens (including phenoxy) is 1. The first kappa shape index (κ1) is 14.1. The molecule has 0 unspecified atom stereocenters. The second-order valence-corrected chi connectivity index (χ2v) is 3.15. The molecule has 0 bridgehead atoms. The Balaban J connectivity index is 3.50. The van der Waals surface area contributed by atoms with E-state index in [0.29, 0.717) is 6.07 Å². The second kappa shape index (κ2) is 4.36. The summed E-state index contributed by atoms with van der Waals surface area (Å²) in [4.78, 5) is 3.26. The van der Waals surface area contributed by atoms with Crippen molar-refractivity contribution < 1.29 is 31.1 Å². The summed E-state index contributed by atoms with van der Waals surface area (Å²) in [5, 5.41) is 8.50. The highest BCUT2D eigenvalue weighted by Gasteiger charge is 2.41. The topological polar surface area (TPSA) is 45.9 Å². The average molecular weight is 270 g/mol. The van der Waals surface area contributed by atoms with Crippen molar-refractivity contribution in [3.8, 4) is 11.8 Å². The zero-order valence-corrected chi connectivity index (χ0v) is 8.65. The van der Waals surface area contributed by atoms with Crippen LogP contribution < -0.4 is 4.74 Å². The molecule has 0 N–H and O–H groups in total. The summed E-state index contributed by atoms with van der Waals surface area (Å²) in [5.41, 5.74) is -3.00. The first-order chi connectivity index (χ1) is 8.04. The largest absolute Gasteiger partial charge is 0.573 e. The zero-order chi connectivity index (χ0) is 14.1. The minimum atomic E-state index is -5.34. The van der Waals surface area contributed by atoms with Crippen molar-refractivity contribution in [3.63, 3.8) is 0 Å². The predicted octanol–water partition coefficient (Wildman–Crippen LogP) is 3.18. The molecule has 0 aliphatic rings. The number of alkyl halides is 6. The van der Waals surface area contributed by atoms with Crippen LogP contribution in [0.4, 0.5) is 26.3 Å². The van der Waals surface area contributed by atoms with Crippen LogP contribution in [0.3, 0.4) is 0 Å². The average Bonchev–Trinajstić information content (AvgIpc) is 2.16. The van der Waals surface area contributed by atoms with E-state index in [1.165, 1.54) is 0 Å². The van der Waals surface area contributed by atoms with Gasteiger partial charge in [0.05, 0.1) is 0 Å². The summed E-state index contributed by atoms with van der Waals surface area (Å²) in [7, 11) is 0. The lowest BCUT2D eigenvalue weighted by Gasteiger charge is -2.16. The summed E-state index contributed by atoms with van der Waals surface area (Å²) in [6.07, 6.45) is -10.4. The number of pyridine rings is 1. The highest BCUT2D eigenvalue weighted by molar-refractivity contribution is 5.46. The first-order valence-corrected chi connectivity index (χ1v) is 4.29. The summed E-state index contributed by atoms with van der Waals surface area (Å²) in [6.45, 7) is 1.12. The van der Waals surface area contributed by atoms with Crippen LogP contribution in [0.15, 0.2) is 6.07 Å². The van der Waals surface area contributed by atoms with Gasteiger partial charge in [0, 0.05) is 5.69 Å². The van der Waals surface area contributed by atoms with Crippen molar-refractivity contribution in [1.29, 1.82) is 5.26 Å². The van der Waals surface area contributed by atoms with Gasteiger partial charge in [-0.1, -0.05) is 0 Å². The summed E-state index contributed by atoms with van der Waals surface area (Å²) < 4.78 is 76.8. The van der Waals surface area contributed by atoms with E-state index < -0.39 is 29.5 Å². The van der Waals surface area contributed by atoms with Crippen LogP contribution >= 0.6 is 0 Å². The highest BCUT2D eigenvalue weighted by atomic mass is 19.4. The lowest BCUT2D eigenvalue weighted by Crippen LogP contribution is -2.21. The van der Waals surface area contributed by atoms with Crippen LogP contribution in [-0.2, 0) is 6.18 Å². The van der Waals surface area contributed by atoms with Gasteiger partial charge in [-0.2, -0.15) is 18.4 Å². The molecule has 1 rings (SSSR count). The van der Waals surface area contributed by atoms with Gasteiger partial charge in [-0.25, -0.2) is 4.98 Å². The third-order valence-corrected chi connectivity index (χ3v) is 1.73. The highest BCUT2D eigenvalue weighted by Crippen LogP contribution is 2.40. The number of hydrogen-bond donors (Lipinski definition) is 0. The molecule has 98 valence electrons. The molecule has 0 aliphatic heterocycles. The van der Waals surface area contributed by atoms with Gasteiger partial charge >= 0.3 is 12.5 Å². The number of aromatic nitrogens is 1. The molecule has 1 aromatic rings. The van der Waals surface area contributed by atoms with Gasteiger partial charge in [0.25, 0.3) is 0 Å². The molecule has 0 amide bonds. The maximum absolute atomic E-state index is 12.5. The van der Waals surface area contributed by atoms with Gasteiger partial charge in [-0.05, 0) is 13.0 Å². The molecule has 0 aliphatic carbocycles. The number of nitrogens with zero attached hydrogens (tertiary/aromatic N) is 2. The molecule has 0 fully saturated rings. The van der Waals surface area contributed by atoms with Crippen molar-refractivity contribution >= 4 is 0 Å². The number of nitriles is 1. The van der Waals surface area contributed by atoms with Gasteiger partial charge in [-0.15, -0.1) is 13.2 Å². The van der Waals surface area contributed by atoms with E-state index in [4.69, 9.17) is 5.26 Å². The minimum absolute atomic E-state index is 0.242. The van der Waals surface area contributed by atoms with E-state index in [-0.39, 0.29) is 5.69 Å². The second-order valence-electron chi connectivity index (χ2n) is 3.15. The van der Waals surface area contributed by atoms with Crippen molar-refractivity contribution in [2.24, 2.45) is 0 Å². The quantitative estimate of drug-likeness (QED) is 0.736. The van der Waals surface area contributed by atoms with E-state index in [2.05, 4.69) is 9.72 Å². The van der Waals surface area contributed by atoms with E-state index in [9.17, 15) is 26.3 Å². The third-order valence-electron chi connectivity index (χ3n) is 1.73. The van der Waals surface area contributed by atoms with Crippen molar-refractivity contribution in [2.75, 3.05) is 0 Å². The minimum Gasteiger partial charge on any atom is -0.402 e. The summed E-state index contributed by atoms with van der Waals surface area (Å²) >= 11 is 0. The van der Waals surface area contributed by atoms with E-state index in [0.717, 1.165) is 13.0 Å². The molecule has 0 spiro atoms. The molecule has 0 saturated heterocycles. The monoisotopic (exact) mass is 270 g/mol. The lowest BCUT2D eigenvalue weighted by atomic mass is 10.1. The molecular formula is C9H4F6N2O. The lowest BCUT2D eigenvalue weighted by molar-refractivity contribution is -0.276. The van der Waals surface area contributed by atoms with Crippen LogP contribution in [0.1, 0.15) is 17.0 Å².